The van der Waals surface area contributed by atoms with Gasteiger partial charge in [-0.2, -0.15) is 0 Å². The Morgan fingerprint density at radius 1 is 1.25 bits per heavy atom. The number of aryl methyl sites for hydroxylation is 1. The highest BCUT2D eigenvalue weighted by atomic mass is 35.5. The van der Waals surface area contributed by atoms with E-state index in [0.29, 0.717) is 6.04 Å². The highest BCUT2D eigenvalue weighted by molar-refractivity contribution is 7.09. The fourth-order valence-corrected chi connectivity index (χ4v) is 3.42. The summed E-state index contributed by atoms with van der Waals surface area (Å²) in [6, 6.07) is 11.1. The molecule has 0 fully saturated rings. The minimum absolute atomic E-state index is 0.453. The molecule has 0 aliphatic heterocycles. The van der Waals surface area contributed by atoms with Crippen LogP contribution in [-0.4, -0.2) is 12.6 Å². The van der Waals surface area contributed by atoms with Crippen LogP contribution in [0.1, 0.15) is 29.3 Å². The summed E-state index contributed by atoms with van der Waals surface area (Å²) < 4.78 is 0. The van der Waals surface area contributed by atoms with E-state index in [2.05, 4.69) is 54.9 Å². The van der Waals surface area contributed by atoms with Crippen LogP contribution in [-0.2, 0) is 12.8 Å². The maximum atomic E-state index is 6.36. The number of rotatable bonds is 7. The molecule has 1 unspecified atom stereocenters. The molecule has 0 radical (unpaired) electrons. The normalized spacial score (nSPS) is 12.6. The second-order valence-electron chi connectivity index (χ2n) is 5.23. The van der Waals surface area contributed by atoms with Crippen molar-refractivity contribution in [2.45, 2.75) is 39.2 Å². The van der Waals surface area contributed by atoms with Gasteiger partial charge in [0.1, 0.15) is 0 Å². The van der Waals surface area contributed by atoms with Gasteiger partial charge in [0.05, 0.1) is 0 Å². The standard InChI is InChI=1S/C17H22ClNS/c1-3-8-19-15(12-16-5-4-9-20-16)11-14-7-6-13(2)10-17(14)18/h4-7,9-10,15,19H,3,8,11-12H2,1-2H3. The molecule has 2 aromatic rings. The zero-order valence-electron chi connectivity index (χ0n) is 12.2. The summed E-state index contributed by atoms with van der Waals surface area (Å²) >= 11 is 8.19. The van der Waals surface area contributed by atoms with Crippen LogP contribution in [0.4, 0.5) is 0 Å². The van der Waals surface area contributed by atoms with E-state index in [-0.39, 0.29) is 0 Å². The van der Waals surface area contributed by atoms with Crippen LogP contribution in [0, 0.1) is 6.92 Å². The lowest BCUT2D eigenvalue weighted by Crippen LogP contribution is -2.33. The maximum Gasteiger partial charge on any atom is 0.0441 e. The fraction of sp³-hybridized carbons (Fsp3) is 0.412. The van der Waals surface area contributed by atoms with Gasteiger partial charge in [0.15, 0.2) is 0 Å². The van der Waals surface area contributed by atoms with Gasteiger partial charge in [0.2, 0.25) is 0 Å². The Labute approximate surface area is 131 Å². The lowest BCUT2D eigenvalue weighted by atomic mass is 10.0. The van der Waals surface area contributed by atoms with Gasteiger partial charge in [-0.3, -0.25) is 0 Å². The third-order valence-corrected chi connectivity index (χ3v) is 4.64. The molecule has 0 spiro atoms. The van der Waals surface area contributed by atoms with E-state index in [9.17, 15) is 0 Å². The summed E-state index contributed by atoms with van der Waals surface area (Å²) in [5, 5.41) is 6.68. The average Bonchev–Trinajstić information content (AvgIpc) is 2.92. The van der Waals surface area contributed by atoms with E-state index in [0.717, 1.165) is 30.8 Å². The number of hydrogen-bond donors (Lipinski definition) is 1. The highest BCUT2D eigenvalue weighted by Gasteiger charge is 2.12. The Morgan fingerprint density at radius 2 is 2.10 bits per heavy atom. The van der Waals surface area contributed by atoms with Crippen molar-refractivity contribution in [2.24, 2.45) is 0 Å². The molecular formula is C17H22ClNS. The number of nitrogens with one attached hydrogen (secondary N) is 1. The molecule has 3 heteroatoms. The molecule has 0 saturated heterocycles. The summed E-state index contributed by atoms with van der Waals surface area (Å²) in [7, 11) is 0. The van der Waals surface area contributed by atoms with Crippen molar-refractivity contribution < 1.29 is 0 Å². The maximum absolute atomic E-state index is 6.36. The molecule has 1 heterocycles. The fourth-order valence-electron chi connectivity index (χ4n) is 2.32. The largest absolute Gasteiger partial charge is 0.313 e. The third kappa shape index (κ3) is 4.62. The summed E-state index contributed by atoms with van der Waals surface area (Å²) in [6.07, 6.45) is 3.21. The molecule has 1 aromatic heterocycles. The number of hydrogen-bond acceptors (Lipinski definition) is 2. The van der Waals surface area contributed by atoms with Crippen molar-refractivity contribution in [1.82, 2.24) is 5.32 Å². The van der Waals surface area contributed by atoms with E-state index < -0.39 is 0 Å². The van der Waals surface area contributed by atoms with Gasteiger partial charge in [-0.15, -0.1) is 11.3 Å². The Balaban J connectivity index is 2.06. The van der Waals surface area contributed by atoms with E-state index in [4.69, 9.17) is 11.6 Å². The van der Waals surface area contributed by atoms with E-state index in [1.165, 1.54) is 16.0 Å². The van der Waals surface area contributed by atoms with E-state index in [1.807, 2.05) is 11.3 Å². The molecule has 20 heavy (non-hydrogen) atoms. The first kappa shape index (κ1) is 15.6. The minimum Gasteiger partial charge on any atom is -0.313 e. The summed E-state index contributed by atoms with van der Waals surface area (Å²) in [5.74, 6) is 0. The smallest absolute Gasteiger partial charge is 0.0441 e. The summed E-state index contributed by atoms with van der Waals surface area (Å²) in [6.45, 7) is 5.34. The van der Waals surface area contributed by atoms with Gasteiger partial charge in [0, 0.05) is 15.9 Å². The Morgan fingerprint density at radius 3 is 2.75 bits per heavy atom. The van der Waals surface area contributed by atoms with Crippen molar-refractivity contribution in [3.63, 3.8) is 0 Å². The van der Waals surface area contributed by atoms with Crippen molar-refractivity contribution in [3.8, 4) is 0 Å². The van der Waals surface area contributed by atoms with Gasteiger partial charge in [-0.1, -0.05) is 36.7 Å². The number of benzene rings is 1. The van der Waals surface area contributed by atoms with Crippen molar-refractivity contribution >= 4 is 22.9 Å². The average molecular weight is 308 g/mol. The summed E-state index contributed by atoms with van der Waals surface area (Å²) in [5.41, 5.74) is 2.46. The quantitative estimate of drug-likeness (QED) is 0.770. The molecule has 0 saturated carbocycles. The Hall–Kier alpha value is -0.830. The van der Waals surface area contributed by atoms with E-state index >= 15 is 0 Å². The number of halogens is 1. The monoisotopic (exact) mass is 307 g/mol. The first-order valence-electron chi connectivity index (χ1n) is 7.20. The van der Waals surface area contributed by atoms with Gasteiger partial charge < -0.3 is 5.32 Å². The van der Waals surface area contributed by atoms with Crippen molar-refractivity contribution in [2.75, 3.05) is 6.54 Å². The van der Waals surface area contributed by atoms with Gasteiger partial charge in [0.25, 0.3) is 0 Å². The molecule has 1 N–H and O–H groups in total. The molecule has 1 aromatic carbocycles. The van der Waals surface area contributed by atoms with Crippen molar-refractivity contribution in [3.05, 3.63) is 56.7 Å². The van der Waals surface area contributed by atoms with Crippen LogP contribution in [0.2, 0.25) is 5.02 Å². The van der Waals surface area contributed by atoms with Crippen LogP contribution in [0.25, 0.3) is 0 Å². The Bertz CT molecular complexity index is 522. The van der Waals surface area contributed by atoms with Crippen LogP contribution < -0.4 is 5.32 Å². The third-order valence-electron chi connectivity index (χ3n) is 3.39. The molecule has 1 nitrogen and oxygen atoms in total. The Kier molecular flexibility index (Phi) is 6.08. The van der Waals surface area contributed by atoms with Gasteiger partial charge in [-0.25, -0.2) is 0 Å². The first-order valence-corrected chi connectivity index (χ1v) is 8.45. The van der Waals surface area contributed by atoms with Crippen LogP contribution in [0.3, 0.4) is 0 Å². The molecule has 0 bridgehead atoms. The van der Waals surface area contributed by atoms with Gasteiger partial charge >= 0.3 is 0 Å². The second-order valence-corrected chi connectivity index (χ2v) is 6.67. The molecule has 0 aliphatic rings. The zero-order chi connectivity index (χ0) is 14.4. The minimum atomic E-state index is 0.453. The van der Waals surface area contributed by atoms with Gasteiger partial charge in [-0.05, 0) is 61.4 Å². The second kappa shape index (κ2) is 7.82. The lowest BCUT2D eigenvalue weighted by molar-refractivity contribution is 0.507. The lowest BCUT2D eigenvalue weighted by Gasteiger charge is -2.19. The molecule has 0 aliphatic carbocycles. The van der Waals surface area contributed by atoms with E-state index in [1.54, 1.807) is 0 Å². The number of thiophene rings is 1. The summed E-state index contributed by atoms with van der Waals surface area (Å²) in [4.78, 5) is 1.43. The molecule has 108 valence electrons. The topological polar surface area (TPSA) is 12.0 Å². The predicted octanol–water partition coefficient (Wildman–Crippen LogP) is 4.86. The van der Waals surface area contributed by atoms with Crippen molar-refractivity contribution in [1.29, 1.82) is 0 Å². The molecule has 2 rings (SSSR count). The molecule has 1 atom stereocenters. The van der Waals surface area contributed by atoms with Crippen LogP contribution in [0.15, 0.2) is 35.7 Å². The SMILES string of the molecule is CCCNC(Cc1cccs1)Cc1ccc(C)cc1Cl. The first-order chi connectivity index (χ1) is 9.69. The zero-order valence-corrected chi connectivity index (χ0v) is 13.7. The molecular weight excluding hydrogens is 286 g/mol. The van der Waals surface area contributed by atoms with Crippen LogP contribution in [0.5, 0.6) is 0 Å². The van der Waals surface area contributed by atoms with Crippen LogP contribution >= 0.6 is 22.9 Å². The molecule has 0 amide bonds. The highest BCUT2D eigenvalue weighted by Crippen LogP contribution is 2.21. The predicted molar refractivity (Wildman–Crippen MR) is 90.0 cm³/mol.